The second-order valence-corrected chi connectivity index (χ2v) is 7.52. The summed E-state index contributed by atoms with van der Waals surface area (Å²) in [5, 5.41) is 9.00. The highest BCUT2D eigenvalue weighted by Crippen LogP contribution is 2.22. The lowest BCUT2D eigenvalue weighted by atomic mass is 10.1. The Morgan fingerprint density at radius 1 is 1.20 bits per heavy atom. The smallest absolute Gasteiger partial charge is 0.341 e. The molecule has 0 spiro atoms. The third-order valence-electron chi connectivity index (χ3n) is 3.05. The van der Waals surface area contributed by atoms with E-state index in [1.807, 2.05) is 0 Å². The van der Waals surface area contributed by atoms with Crippen molar-refractivity contribution in [3.8, 4) is 17.6 Å². The monoisotopic (exact) mass is 379 g/mol. The van der Waals surface area contributed by atoms with Crippen LogP contribution < -0.4 is 10.5 Å². The van der Waals surface area contributed by atoms with Crippen molar-refractivity contribution in [1.82, 2.24) is 0 Å². The number of carboxylic acid groups (broad SMARTS) is 1. The summed E-state index contributed by atoms with van der Waals surface area (Å²) in [5.74, 6) is 4.68. The first kappa shape index (κ1) is 18.6. The molecule has 25 heavy (non-hydrogen) atoms. The van der Waals surface area contributed by atoms with Gasteiger partial charge in [-0.2, -0.15) is 0 Å². The predicted molar refractivity (Wildman–Crippen MR) is 94.5 cm³/mol. The first-order valence-corrected chi connectivity index (χ1v) is 9.19. The number of nitrogen functional groups attached to an aromatic ring is 1. The van der Waals surface area contributed by atoms with Gasteiger partial charge >= 0.3 is 5.97 Å². The summed E-state index contributed by atoms with van der Waals surface area (Å²) in [7, 11) is -3.39. The molecule has 130 valence electrons. The first-order valence-electron chi connectivity index (χ1n) is 6.92. The van der Waals surface area contributed by atoms with Crippen LogP contribution in [0.25, 0.3) is 0 Å². The van der Waals surface area contributed by atoms with Crippen molar-refractivity contribution in [3.63, 3.8) is 0 Å². The quantitative estimate of drug-likeness (QED) is 0.623. The van der Waals surface area contributed by atoms with E-state index in [0.717, 1.165) is 6.26 Å². The molecule has 3 N–H and O–H groups in total. The molecule has 0 saturated heterocycles. The maximum Gasteiger partial charge on any atom is 0.341 e. The van der Waals surface area contributed by atoms with Gasteiger partial charge in [0.25, 0.3) is 0 Å². The Morgan fingerprint density at radius 3 is 2.52 bits per heavy atom. The number of anilines is 1. The van der Waals surface area contributed by atoms with Crippen LogP contribution in [-0.4, -0.2) is 32.4 Å². The number of aliphatic carboxylic acids is 1. The molecule has 0 radical (unpaired) electrons. The van der Waals surface area contributed by atoms with Gasteiger partial charge in [-0.25, -0.2) is 13.2 Å². The molecule has 0 amide bonds. The zero-order chi connectivity index (χ0) is 18.6. The van der Waals surface area contributed by atoms with Crippen LogP contribution in [0.4, 0.5) is 5.69 Å². The zero-order valence-electron chi connectivity index (χ0n) is 13.1. The largest absolute Gasteiger partial charge is 0.481 e. The molecule has 0 aromatic heterocycles. The summed E-state index contributed by atoms with van der Waals surface area (Å²) in [6.45, 7) is -0.525. The molecular formula is C17H14ClNO5S. The van der Waals surface area contributed by atoms with Crippen LogP contribution in [0.5, 0.6) is 5.75 Å². The Bertz CT molecular complexity index is 990. The number of benzene rings is 2. The lowest BCUT2D eigenvalue weighted by molar-refractivity contribution is -0.139. The average molecular weight is 380 g/mol. The highest BCUT2D eigenvalue weighted by atomic mass is 35.5. The van der Waals surface area contributed by atoms with Crippen molar-refractivity contribution < 1.29 is 23.1 Å². The summed E-state index contributed by atoms with van der Waals surface area (Å²) in [4.78, 5) is 10.7. The van der Waals surface area contributed by atoms with Crippen molar-refractivity contribution in [1.29, 1.82) is 0 Å². The van der Waals surface area contributed by atoms with E-state index >= 15 is 0 Å². The Balaban J connectivity index is 2.44. The Kier molecular flexibility index (Phi) is 5.57. The van der Waals surface area contributed by atoms with Crippen molar-refractivity contribution in [3.05, 3.63) is 52.5 Å². The molecule has 2 aromatic rings. The van der Waals surface area contributed by atoms with Gasteiger partial charge in [0.15, 0.2) is 16.4 Å². The average Bonchev–Trinajstić information content (AvgIpc) is 2.52. The Labute approximate surface area is 150 Å². The molecule has 0 saturated carbocycles. The zero-order valence-corrected chi connectivity index (χ0v) is 14.7. The number of sulfone groups is 1. The predicted octanol–water partition coefficient (Wildman–Crippen LogP) is 2.19. The molecule has 0 aliphatic rings. The molecule has 2 aromatic carbocycles. The Morgan fingerprint density at radius 2 is 1.88 bits per heavy atom. The summed E-state index contributed by atoms with van der Waals surface area (Å²) in [6, 6.07) is 8.80. The standard InChI is InChI=1S/C17H14ClNO5S/c1-25(22,23)14-5-6-15(18)11(9-14)2-3-12-8-13(19)4-7-16(12)24-10-17(20)21/h4-9H,10,19H2,1H3,(H,20,21). The van der Waals surface area contributed by atoms with Gasteiger partial charge in [-0.3, -0.25) is 0 Å². The number of halogens is 1. The van der Waals surface area contributed by atoms with E-state index < -0.39 is 22.4 Å². The van der Waals surface area contributed by atoms with E-state index in [1.165, 1.54) is 30.3 Å². The molecule has 0 aliphatic heterocycles. The lowest BCUT2D eigenvalue weighted by Gasteiger charge is -2.06. The number of carboxylic acids is 1. The third-order valence-corrected chi connectivity index (χ3v) is 4.49. The van der Waals surface area contributed by atoms with Crippen molar-refractivity contribution in [2.45, 2.75) is 4.90 Å². The summed E-state index contributed by atoms with van der Waals surface area (Å²) < 4.78 is 28.4. The number of nitrogens with two attached hydrogens (primary N) is 1. The number of rotatable bonds is 4. The van der Waals surface area contributed by atoms with Gasteiger partial charge in [0, 0.05) is 17.5 Å². The van der Waals surface area contributed by atoms with Gasteiger partial charge in [-0.15, -0.1) is 0 Å². The fourth-order valence-corrected chi connectivity index (χ4v) is 2.69. The molecular weight excluding hydrogens is 366 g/mol. The second kappa shape index (κ2) is 7.47. The van der Waals surface area contributed by atoms with E-state index in [1.54, 1.807) is 6.07 Å². The van der Waals surface area contributed by atoms with Gasteiger partial charge in [0.1, 0.15) is 5.75 Å². The van der Waals surface area contributed by atoms with E-state index in [-0.39, 0.29) is 15.7 Å². The highest BCUT2D eigenvalue weighted by molar-refractivity contribution is 7.90. The van der Waals surface area contributed by atoms with Gasteiger partial charge in [0.2, 0.25) is 0 Å². The molecule has 0 unspecified atom stereocenters. The molecule has 0 fully saturated rings. The molecule has 0 heterocycles. The van der Waals surface area contributed by atoms with Crippen LogP contribution >= 0.6 is 11.6 Å². The Hall–Kier alpha value is -2.69. The van der Waals surface area contributed by atoms with Gasteiger partial charge < -0.3 is 15.6 Å². The van der Waals surface area contributed by atoms with E-state index in [2.05, 4.69) is 11.8 Å². The van der Waals surface area contributed by atoms with Gasteiger partial charge in [0.05, 0.1) is 15.5 Å². The minimum atomic E-state index is -3.39. The summed E-state index contributed by atoms with van der Waals surface area (Å²) in [6.07, 6.45) is 1.09. The SMILES string of the molecule is CS(=O)(=O)c1ccc(Cl)c(C#Cc2cc(N)ccc2OCC(=O)O)c1. The number of hydrogen-bond acceptors (Lipinski definition) is 5. The van der Waals surface area contributed by atoms with Crippen LogP contribution in [-0.2, 0) is 14.6 Å². The lowest BCUT2D eigenvalue weighted by Crippen LogP contribution is -2.10. The molecule has 0 atom stereocenters. The summed E-state index contributed by atoms with van der Waals surface area (Å²) in [5.41, 5.74) is 6.82. The normalized spacial score (nSPS) is 10.6. The van der Waals surface area contributed by atoms with Gasteiger partial charge in [-0.05, 0) is 36.4 Å². The van der Waals surface area contributed by atoms with Gasteiger partial charge in [-0.1, -0.05) is 23.4 Å². The number of ether oxygens (including phenoxy) is 1. The van der Waals surface area contributed by atoms with Crippen molar-refractivity contribution >= 4 is 33.1 Å². The third kappa shape index (κ3) is 5.14. The molecule has 6 nitrogen and oxygen atoms in total. The van der Waals surface area contributed by atoms with Crippen molar-refractivity contribution in [2.24, 2.45) is 0 Å². The minimum absolute atomic E-state index is 0.0936. The maximum absolute atomic E-state index is 11.6. The minimum Gasteiger partial charge on any atom is -0.481 e. The topological polar surface area (TPSA) is 107 Å². The van der Waals surface area contributed by atoms with E-state index in [9.17, 15) is 13.2 Å². The van der Waals surface area contributed by atoms with E-state index in [4.69, 9.17) is 27.2 Å². The fourth-order valence-electron chi connectivity index (χ4n) is 1.88. The molecule has 0 aliphatic carbocycles. The molecule has 8 heteroatoms. The van der Waals surface area contributed by atoms with Crippen LogP contribution in [0.1, 0.15) is 11.1 Å². The fraction of sp³-hybridized carbons (Fsp3) is 0.118. The number of carbonyl (C=O) groups is 1. The van der Waals surface area contributed by atoms with E-state index in [0.29, 0.717) is 16.8 Å². The second-order valence-electron chi connectivity index (χ2n) is 5.10. The number of hydrogen-bond donors (Lipinski definition) is 2. The van der Waals surface area contributed by atoms with Crippen LogP contribution in [0.3, 0.4) is 0 Å². The first-order chi connectivity index (χ1) is 11.7. The van der Waals surface area contributed by atoms with Crippen LogP contribution in [0.15, 0.2) is 41.3 Å². The van der Waals surface area contributed by atoms with Crippen LogP contribution in [0.2, 0.25) is 5.02 Å². The molecule has 0 bridgehead atoms. The maximum atomic E-state index is 11.6. The highest BCUT2D eigenvalue weighted by Gasteiger charge is 2.10. The summed E-state index contributed by atoms with van der Waals surface area (Å²) >= 11 is 6.06. The molecule has 2 rings (SSSR count). The van der Waals surface area contributed by atoms with Crippen molar-refractivity contribution in [2.75, 3.05) is 18.6 Å². The van der Waals surface area contributed by atoms with Crippen LogP contribution in [0, 0.1) is 11.8 Å².